The summed E-state index contributed by atoms with van der Waals surface area (Å²) in [6, 6.07) is 12.5. The maximum atomic E-state index is 11.2. The van der Waals surface area contributed by atoms with Gasteiger partial charge in [-0.05, 0) is 83.4 Å². The van der Waals surface area contributed by atoms with E-state index in [1.165, 1.54) is 16.7 Å². The van der Waals surface area contributed by atoms with E-state index >= 15 is 0 Å². The van der Waals surface area contributed by atoms with Crippen molar-refractivity contribution >= 4 is 12.6 Å². The Morgan fingerprint density at radius 2 is 1.34 bits per heavy atom. The molecule has 0 spiro atoms. The molecule has 0 aliphatic carbocycles. The molecule has 0 radical (unpaired) electrons. The number of carbonyl (C=O) groups is 2. The fourth-order valence-electron chi connectivity index (χ4n) is 3.79. The van der Waals surface area contributed by atoms with E-state index in [2.05, 4.69) is 59.7 Å². The third-order valence-electron chi connectivity index (χ3n) is 6.60. The first-order valence-electron chi connectivity index (χ1n) is 10.8. The lowest BCUT2D eigenvalue weighted by molar-refractivity contribution is 0.112. The molecule has 0 saturated carbocycles. The molecule has 0 aliphatic rings. The van der Waals surface area contributed by atoms with Crippen LogP contribution in [0.25, 0.3) is 0 Å². The van der Waals surface area contributed by atoms with Gasteiger partial charge in [-0.1, -0.05) is 59.7 Å². The zero-order valence-corrected chi connectivity index (χ0v) is 19.0. The zero-order chi connectivity index (χ0) is 21.7. The van der Waals surface area contributed by atoms with Gasteiger partial charge in [-0.2, -0.15) is 0 Å². The number of carbonyl (C=O) groups excluding carboxylic acids is 2. The second-order valence-corrected chi connectivity index (χ2v) is 9.44. The molecule has 0 amide bonds. The summed E-state index contributed by atoms with van der Waals surface area (Å²) < 4.78 is 0. The standard InChI is InChI=1S/C27H36O2/c1-7-26(3,4)24-12-13-25(27(5,6)8-2)23(17-24)11-9-10-20-14-21(18-28)16-22(15-20)19-29/h12-19H,7-11H2,1-6H3. The van der Waals surface area contributed by atoms with Crippen molar-refractivity contribution in [2.75, 3.05) is 0 Å². The Morgan fingerprint density at radius 3 is 1.86 bits per heavy atom. The predicted octanol–water partition coefficient (Wildman–Crippen LogP) is 6.86. The first-order chi connectivity index (χ1) is 13.7. The smallest absolute Gasteiger partial charge is 0.150 e. The number of hydrogen-bond acceptors (Lipinski definition) is 2. The van der Waals surface area contributed by atoms with Crippen molar-refractivity contribution in [3.8, 4) is 0 Å². The molecule has 2 heteroatoms. The molecule has 0 fully saturated rings. The van der Waals surface area contributed by atoms with Gasteiger partial charge in [0, 0.05) is 11.1 Å². The Bertz CT molecular complexity index is 833. The van der Waals surface area contributed by atoms with E-state index in [1.807, 2.05) is 12.1 Å². The average Bonchev–Trinajstić information content (AvgIpc) is 2.73. The Morgan fingerprint density at radius 1 is 0.759 bits per heavy atom. The fourth-order valence-corrected chi connectivity index (χ4v) is 3.79. The van der Waals surface area contributed by atoms with Gasteiger partial charge >= 0.3 is 0 Å². The van der Waals surface area contributed by atoms with E-state index in [-0.39, 0.29) is 10.8 Å². The molecule has 0 heterocycles. The van der Waals surface area contributed by atoms with Gasteiger partial charge in [0.2, 0.25) is 0 Å². The second kappa shape index (κ2) is 9.52. The molecule has 0 unspecified atom stereocenters. The lowest BCUT2D eigenvalue weighted by Gasteiger charge is -2.30. The summed E-state index contributed by atoms with van der Waals surface area (Å²) in [6.45, 7) is 13.7. The van der Waals surface area contributed by atoms with Crippen LogP contribution >= 0.6 is 0 Å². The normalized spacial score (nSPS) is 12.1. The van der Waals surface area contributed by atoms with Gasteiger partial charge < -0.3 is 0 Å². The molecule has 2 aromatic rings. The summed E-state index contributed by atoms with van der Waals surface area (Å²) in [7, 11) is 0. The van der Waals surface area contributed by atoms with Gasteiger partial charge in [0.25, 0.3) is 0 Å². The molecule has 2 rings (SSSR count). The van der Waals surface area contributed by atoms with Crippen LogP contribution in [0.4, 0.5) is 0 Å². The molecule has 0 aromatic heterocycles. The summed E-state index contributed by atoms with van der Waals surface area (Å²) in [5.41, 5.74) is 6.78. The number of aryl methyl sites for hydroxylation is 2. The van der Waals surface area contributed by atoms with Gasteiger partial charge in [0.1, 0.15) is 12.6 Å². The molecule has 2 nitrogen and oxygen atoms in total. The van der Waals surface area contributed by atoms with Crippen LogP contribution in [0.15, 0.2) is 36.4 Å². The highest BCUT2D eigenvalue weighted by atomic mass is 16.1. The largest absolute Gasteiger partial charge is 0.298 e. The van der Waals surface area contributed by atoms with Crippen molar-refractivity contribution < 1.29 is 9.59 Å². The van der Waals surface area contributed by atoms with E-state index < -0.39 is 0 Å². The Kier molecular flexibility index (Phi) is 7.57. The first-order valence-corrected chi connectivity index (χ1v) is 10.8. The van der Waals surface area contributed by atoms with Crippen molar-refractivity contribution in [3.63, 3.8) is 0 Å². The highest BCUT2D eigenvalue weighted by molar-refractivity contribution is 5.82. The molecule has 0 atom stereocenters. The van der Waals surface area contributed by atoms with Gasteiger partial charge in [0.15, 0.2) is 0 Å². The molecular weight excluding hydrogens is 356 g/mol. The summed E-state index contributed by atoms with van der Waals surface area (Å²) in [5.74, 6) is 0. The summed E-state index contributed by atoms with van der Waals surface area (Å²) >= 11 is 0. The van der Waals surface area contributed by atoms with Crippen molar-refractivity contribution in [2.45, 2.75) is 84.5 Å². The Balaban J connectivity index is 2.29. The summed E-state index contributed by atoms with van der Waals surface area (Å²) in [4.78, 5) is 22.3. The molecule has 0 aliphatic heterocycles. The van der Waals surface area contributed by atoms with Crippen LogP contribution in [0, 0.1) is 0 Å². The topological polar surface area (TPSA) is 34.1 Å². The van der Waals surface area contributed by atoms with Gasteiger partial charge in [-0.25, -0.2) is 0 Å². The molecule has 2 aromatic carbocycles. The Labute approximate surface area is 176 Å². The Hall–Kier alpha value is -2.22. The van der Waals surface area contributed by atoms with Crippen LogP contribution < -0.4 is 0 Å². The monoisotopic (exact) mass is 392 g/mol. The second-order valence-electron chi connectivity index (χ2n) is 9.44. The molecular formula is C27H36O2. The van der Waals surface area contributed by atoms with Gasteiger partial charge in [-0.15, -0.1) is 0 Å². The van der Waals surface area contributed by atoms with Crippen LogP contribution in [-0.4, -0.2) is 12.6 Å². The summed E-state index contributed by atoms with van der Waals surface area (Å²) in [6.07, 6.45) is 6.67. The van der Waals surface area contributed by atoms with Crippen LogP contribution in [-0.2, 0) is 23.7 Å². The average molecular weight is 393 g/mol. The highest BCUT2D eigenvalue weighted by Crippen LogP contribution is 2.35. The fraction of sp³-hybridized carbons (Fsp3) is 0.481. The van der Waals surface area contributed by atoms with Crippen molar-refractivity contribution in [1.82, 2.24) is 0 Å². The van der Waals surface area contributed by atoms with E-state index in [1.54, 1.807) is 6.07 Å². The maximum Gasteiger partial charge on any atom is 0.150 e. The molecule has 0 N–H and O–H groups in total. The molecule has 29 heavy (non-hydrogen) atoms. The highest BCUT2D eigenvalue weighted by Gasteiger charge is 2.24. The quantitative estimate of drug-likeness (QED) is 0.414. The van der Waals surface area contributed by atoms with E-state index in [4.69, 9.17) is 0 Å². The number of hydrogen-bond donors (Lipinski definition) is 0. The molecule has 0 saturated heterocycles. The predicted molar refractivity (Wildman–Crippen MR) is 122 cm³/mol. The minimum Gasteiger partial charge on any atom is -0.298 e. The van der Waals surface area contributed by atoms with E-state index in [0.29, 0.717) is 11.1 Å². The van der Waals surface area contributed by atoms with E-state index in [0.717, 1.165) is 50.2 Å². The maximum absolute atomic E-state index is 11.2. The zero-order valence-electron chi connectivity index (χ0n) is 19.0. The number of benzene rings is 2. The first kappa shape index (κ1) is 23.1. The van der Waals surface area contributed by atoms with Crippen LogP contribution in [0.5, 0.6) is 0 Å². The minimum atomic E-state index is 0.145. The third-order valence-corrected chi connectivity index (χ3v) is 6.60. The molecule has 0 bridgehead atoms. The molecule has 156 valence electrons. The van der Waals surface area contributed by atoms with Crippen LogP contribution in [0.2, 0.25) is 0 Å². The van der Waals surface area contributed by atoms with Crippen molar-refractivity contribution in [2.24, 2.45) is 0 Å². The van der Waals surface area contributed by atoms with Crippen LogP contribution in [0.1, 0.15) is 104 Å². The number of aldehydes is 2. The minimum absolute atomic E-state index is 0.145. The SMILES string of the molecule is CCC(C)(C)c1ccc(C(C)(C)CC)c(CCCc2cc(C=O)cc(C=O)c2)c1. The lowest BCUT2D eigenvalue weighted by atomic mass is 9.75. The van der Waals surface area contributed by atoms with Crippen molar-refractivity contribution in [1.29, 1.82) is 0 Å². The lowest BCUT2D eigenvalue weighted by Crippen LogP contribution is -2.21. The van der Waals surface area contributed by atoms with Gasteiger partial charge in [0.05, 0.1) is 0 Å². The number of rotatable bonds is 10. The third kappa shape index (κ3) is 5.65. The van der Waals surface area contributed by atoms with Crippen LogP contribution in [0.3, 0.4) is 0 Å². The van der Waals surface area contributed by atoms with E-state index in [9.17, 15) is 9.59 Å². The van der Waals surface area contributed by atoms with Crippen molar-refractivity contribution in [3.05, 3.63) is 69.8 Å². The van der Waals surface area contributed by atoms with Gasteiger partial charge in [-0.3, -0.25) is 9.59 Å². The summed E-state index contributed by atoms with van der Waals surface area (Å²) in [5, 5.41) is 0.